The Labute approximate surface area is 115 Å². The average molecular weight is 271 g/mol. The molecule has 7 heteroatoms. The number of aromatic nitrogens is 2. The summed E-state index contributed by atoms with van der Waals surface area (Å²) in [7, 11) is 0. The summed E-state index contributed by atoms with van der Waals surface area (Å²) in [5, 5.41) is 7.33. The molecule has 7 nitrogen and oxygen atoms in total. The largest absolute Gasteiger partial charge is 0.379 e. The first-order valence-electron chi connectivity index (χ1n) is 6.14. The topological polar surface area (TPSA) is 97.6 Å². The Hall–Kier alpha value is -2.70. The van der Waals surface area contributed by atoms with Crippen molar-refractivity contribution in [1.29, 1.82) is 0 Å². The van der Waals surface area contributed by atoms with E-state index < -0.39 is 0 Å². The van der Waals surface area contributed by atoms with Crippen molar-refractivity contribution in [3.05, 3.63) is 30.0 Å². The zero-order chi connectivity index (χ0) is 14.1. The van der Waals surface area contributed by atoms with E-state index in [1.54, 1.807) is 6.92 Å². The van der Waals surface area contributed by atoms with Crippen LogP contribution in [0.25, 0.3) is 0 Å². The standard InChI is InChI=1S/C13H13N5O2/c1-8(19)6-18-7-10(12-13(14)17-20-16-12)15-9-4-2-3-5-11(9)18/h2-5H,6-7H2,1H3,(H2,14,17). The summed E-state index contributed by atoms with van der Waals surface area (Å²) in [6, 6.07) is 7.62. The summed E-state index contributed by atoms with van der Waals surface area (Å²) in [4.78, 5) is 17.9. The van der Waals surface area contributed by atoms with Crippen molar-refractivity contribution < 1.29 is 9.42 Å². The fraction of sp³-hybridized carbons (Fsp3) is 0.231. The smallest absolute Gasteiger partial charge is 0.197 e. The number of aliphatic imine (C=N–C) groups is 1. The first-order chi connectivity index (χ1) is 9.65. The lowest BCUT2D eigenvalue weighted by Crippen LogP contribution is -2.36. The van der Waals surface area contributed by atoms with E-state index in [1.165, 1.54) is 0 Å². The molecule has 0 saturated heterocycles. The molecule has 2 aromatic rings. The number of rotatable bonds is 3. The van der Waals surface area contributed by atoms with Gasteiger partial charge in [0.1, 0.15) is 5.78 Å². The Kier molecular flexibility index (Phi) is 2.94. The quantitative estimate of drug-likeness (QED) is 0.900. The van der Waals surface area contributed by atoms with Crippen molar-refractivity contribution in [3.8, 4) is 0 Å². The molecule has 2 heterocycles. The molecule has 1 aliphatic rings. The number of para-hydroxylation sites is 2. The predicted molar refractivity (Wildman–Crippen MR) is 74.2 cm³/mol. The second-order valence-electron chi connectivity index (χ2n) is 4.60. The molecular formula is C13H13N5O2. The van der Waals surface area contributed by atoms with Crippen molar-refractivity contribution in [2.75, 3.05) is 23.7 Å². The third-order valence-corrected chi connectivity index (χ3v) is 3.02. The fourth-order valence-electron chi connectivity index (χ4n) is 2.21. The van der Waals surface area contributed by atoms with Crippen LogP contribution in [0.3, 0.4) is 0 Å². The first kappa shape index (κ1) is 12.3. The van der Waals surface area contributed by atoms with E-state index >= 15 is 0 Å². The number of nitrogens with two attached hydrogens (primary N) is 1. The number of carbonyl (C=O) groups excluding carboxylic acids is 1. The highest BCUT2D eigenvalue weighted by molar-refractivity contribution is 6.09. The van der Waals surface area contributed by atoms with Crippen molar-refractivity contribution in [2.24, 2.45) is 4.99 Å². The van der Waals surface area contributed by atoms with Crippen LogP contribution in [0.5, 0.6) is 0 Å². The van der Waals surface area contributed by atoms with Crippen molar-refractivity contribution >= 4 is 28.7 Å². The molecule has 2 N–H and O–H groups in total. The maximum absolute atomic E-state index is 11.4. The Bertz CT molecular complexity index is 692. The van der Waals surface area contributed by atoms with Gasteiger partial charge in [0.25, 0.3) is 0 Å². The Morgan fingerprint density at radius 3 is 2.90 bits per heavy atom. The minimum absolute atomic E-state index is 0.0762. The molecule has 1 aliphatic heterocycles. The van der Waals surface area contributed by atoms with Gasteiger partial charge in [-0.1, -0.05) is 12.1 Å². The van der Waals surface area contributed by atoms with Gasteiger partial charge in [0.05, 0.1) is 30.2 Å². The number of nitrogens with zero attached hydrogens (tertiary/aromatic N) is 4. The summed E-state index contributed by atoms with van der Waals surface area (Å²) in [6.07, 6.45) is 0. The van der Waals surface area contributed by atoms with Gasteiger partial charge in [-0.3, -0.25) is 4.79 Å². The van der Waals surface area contributed by atoms with Crippen LogP contribution < -0.4 is 10.6 Å². The van der Waals surface area contributed by atoms with Gasteiger partial charge < -0.3 is 10.6 Å². The zero-order valence-corrected chi connectivity index (χ0v) is 10.9. The summed E-state index contributed by atoms with van der Waals surface area (Å²) in [6.45, 7) is 2.30. The third kappa shape index (κ3) is 2.13. The van der Waals surface area contributed by atoms with Crippen LogP contribution in [0.2, 0.25) is 0 Å². The molecule has 0 amide bonds. The van der Waals surface area contributed by atoms with Crippen LogP contribution in [0.15, 0.2) is 33.9 Å². The highest BCUT2D eigenvalue weighted by atomic mass is 16.6. The molecular weight excluding hydrogens is 258 g/mol. The minimum atomic E-state index is 0.0762. The predicted octanol–water partition coefficient (Wildman–Crippen LogP) is 1.18. The summed E-state index contributed by atoms with van der Waals surface area (Å²) >= 11 is 0. The maximum atomic E-state index is 11.4. The first-order valence-corrected chi connectivity index (χ1v) is 6.14. The second-order valence-corrected chi connectivity index (χ2v) is 4.60. The fourth-order valence-corrected chi connectivity index (χ4v) is 2.21. The Balaban J connectivity index is 2.05. The third-order valence-electron chi connectivity index (χ3n) is 3.02. The normalized spacial score (nSPS) is 13.8. The molecule has 3 rings (SSSR count). The lowest BCUT2D eigenvalue weighted by Gasteiger charge is -2.28. The maximum Gasteiger partial charge on any atom is 0.197 e. The SMILES string of the molecule is CC(=O)CN1CC(c2nonc2N)=Nc2ccccc21. The molecule has 1 aromatic heterocycles. The van der Waals surface area contributed by atoms with Crippen molar-refractivity contribution in [2.45, 2.75) is 6.92 Å². The van der Waals surface area contributed by atoms with E-state index in [0.29, 0.717) is 24.5 Å². The average Bonchev–Trinajstić information content (AvgIpc) is 2.84. The van der Waals surface area contributed by atoms with E-state index in [4.69, 9.17) is 5.73 Å². The molecule has 0 atom stereocenters. The number of carbonyl (C=O) groups is 1. The van der Waals surface area contributed by atoms with E-state index in [1.807, 2.05) is 29.2 Å². The van der Waals surface area contributed by atoms with E-state index in [9.17, 15) is 4.79 Å². The summed E-state index contributed by atoms with van der Waals surface area (Å²) in [5.41, 5.74) is 8.46. The number of hydrogen-bond acceptors (Lipinski definition) is 7. The number of nitrogen functional groups attached to an aromatic ring is 1. The van der Waals surface area contributed by atoms with Gasteiger partial charge in [0.2, 0.25) is 0 Å². The highest BCUT2D eigenvalue weighted by Crippen LogP contribution is 2.33. The van der Waals surface area contributed by atoms with E-state index in [0.717, 1.165) is 11.4 Å². The Morgan fingerprint density at radius 2 is 2.20 bits per heavy atom. The molecule has 102 valence electrons. The van der Waals surface area contributed by atoms with Gasteiger partial charge >= 0.3 is 0 Å². The van der Waals surface area contributed by atoms with Crippen molar-refractivity contribution in [3.63, 3.8) is 0 Å². The lowest BCUT2D eigenvalue weighted by atomic mass is 10.1. The van der Waals surface area contributed by atoms with E-state index in [2.05, 4.69) is 19.9 Å². The van der Waals surface area contributed by atoms with Gasteiger partial charge in [-0.15, -0.1) is 0 Å². The van der Waals surface area contributed by atoms with Crippen LogP contribution in [0.4, 0.5) is 17.2 Å². The number of fused-ring (bicyclic) bond motifs is 1. The van der Waals surface area contributed by atoms with Gasteiger partial charge in [-0.05, 0) is 29.4 Å². The minimum Gasteiger partial charge on any atom is -0.379 e. The number of Topliss-reactive ketones (excluding diaryl/α,β-unsaturated/α-hetero) is 1. The molecule has 0 fully saturated rings. The molecule has 0 unspecified atom stereocenters. The second kappa shape index (κ2) is 4.76. The van der Waals surface area contributed by atoms with Gasteiger partial charge in [0, 0.05) is 0 Å². The number of anilines is 2. The van der Waals surface area contributed by atoms with Crippen molar-refractivity contribution in [1.82, 2.24) is 10.3 Å². The molecule has 0 aliphatic carbocycles. The van der Waals surface area contributed by atoms with Crippen LogP contribution in [0.1, 0.15) is 12.6 Å². The number of benzene rings is 1. The number of hydrogen-bond donors (Lipinski definition) is 1. The Morgan fingerprint density at radius 1 is 1.40 bits per heavy atom. The van der Waals surface area contributed by atoms with Gasteiger partial charge in [-0.2, -0.15) is 0 Å². The molecule has 0 saturated carbocycles. The molecule has 0 bridgehead atoms. The molecule has 0 spiro atoms. The van der Waals surface area contributed by atoms with Crippen LogP contribution >= 0.6 is 0 Å². The zero-order valence-electron chi connectivity index (χ0n) is 10.9. The van der Waals surface area contributed by atoms with Crippen LogP contribution in [-0.2, 0) is 4.79 Å². The van der Waals surface area contributed by atoms with Crippen LogP contribution in [-0.4, -0.2) is 34.9 Å². The van der Waals surface area contributed by atoms with Gasteiger partial charge in [-0.25, -0.2) is 9.62 Å². The number of ketones is 1. The summed E-state index contributed by atoms with van der Waals surface area (Å²) in [5.74, 6) is 0.276. The van der Waals surface area contributed by atoms with E-state index in [-0.39, 0.29) is 11.6 Å². The molecule has 0 radical (unpaired) electrons. The van der Waals surface area contributed by atoms with Crippen LogP contribution in [0, 0.1) is 0 Å². The highest BCUT2D eigenvalue weighted by Gasteiger charge is 2.24. The summed E-state index contributed by atoms with van der Waals surface area (Å²) < 4.78 is 4.61. The lowest BCUT2D eigenvalue weighted by molar-refractivity contribution is -0.115. The monoisotopic (exact) mass is 271 g/mol. The molecule has 20 heavy (non-hydrogen) atoms. The van der Waals surface area contributed by atoms with Gasteiger partial charge in [0.15, 0.2) is 11.5 Å². The molecule has 1 aromatic carbocycles.